The van der Waals surface area contributed by atoms with Gasteiger partial charge in [-0.25, -0.2) is 0 Å². The van der Waals surface area contributed by atoms with Crippen molar-refractivity contribution in [2.24, 2.45) is 5.92 Å². The van der Waals surface area contributed by atoms with Crippen LogP contribution in [0.1, 0.15) is 24.8 Å². The van der Waals surface area contributed by atoms with Crippen molar-refractivity contribution >= 4 is 11.9 Å². The molecule has 1 aromatic carbocycles. The Kier molecular flexibility index (Phi) is 5.69. The van der Waals surface area contributed by atoms with Crippen LogP contribution < -0.4 is 4.74 Å². The van der Waals surface area contributed by atoms with Gasteiger partial charge in [-0.1, -0.05) is 12.1 Å². The molecular formula is C16H18F3NO4. The number of carboxylic acids is 1. The monoisotopic (exact) mass is 345 g/mol. The first kappa shape index (κ1) is 18.1. The molecule has 0 bridgehead atoms. The highest BCUT2D eigenvalue weighted by Crippen LogP contribution is 2.23. The summed E-state index contributed by atoms with van der Waals surface area (Å²) in [5.74, 6) is -1.87. The molecule has 8 heteroatoms. The standard InChI is InChI=1S/C16H18F3NO4/c17-16(18,19)24-13-6-3-11(4-7-13)5-8-14(21)20-9-1-2-12(10-20)15(22)23/h3-4,6-7,12H,1-2,5,8-10H2,(H,22,23)/t12-/m0/s1. The van der Waals surface area contributed by atoms with Gasteiger partial charge in [-0.3, -0.25) is 9.59 Å². The third-order valence-corrected chi connectivity index (χ3v) is 3.91. The average Bonchev–Trinajstić information content (AvgIpc) is 2.52. The van der Waals surface area contributed by atoms with Crippen LogP contribution in [0.3, 0.4) is 0 Å². The van der Waals surface area contributed by atoms with Crippen LogP contribution in [0.4, 0.5) is 13.2 Å². The molecule has 2 rings (SSSR count). The first-order valence-corrected chi connectivity index (χ1v) is 7.60. The lowest BCUT2D eigenvalue weighted by molar-refractivity contribution is -0.274. The maximum atomic E-state index is 12.2. The molecule has 0 aliphatic carbocycles. The molecule has 1 atom stereocenters. The predicted molar refractivity (Wildman–Crippen MR) is 78.4 cm³/mol. The first-order valence-electron chi connectivity index (χ1n) is 7.60. The van der Waals surface area contributed by atoms with Crippen molar-refractivity contribution in [2.45, 2.75) is 32.0 Å². The highest BCUT2D eigenvalue weighted by atomic mass is 19.4. The van der Waals surface area contributed by atoms with Crippen molar-refractivity contribution in [1.29, 1.82) is 0 Å². The van der Waals surface area contributed by atoms with Gasteiger partial charge in [-0.2, -0.15) is 0 Å². The van der Waals surface area contributed by atoms with Crippen LogP contribution in [-0.2, 0) is 16.0 Å². The number of aliphatic carboxylic acids is 1. The summed E-state index contributed by atoms with van der Waals surface area (Å²) >= 11 is 0. The Bertz CT molecular complexity index is 586. The molecule has 132 valence electrons. The minimum absolute atomic E-state index is 0.142. The zero-order valence-corrected chi connectivity index (χ0v) is 12.9. The van der Waals surface area contributed by atoms with Crippen LogP contribution in [0.2, 0.25) is 0 Å². The minimum Gasteiger partial charge on any atom is -0.481 e. The Hall–Kier alpha value is -2.25. The number of carbonyl (C=O) groups excluding carboxylic acids is 1. The van der Waals surface area contributed by atoms with Gasteiger partial charge in [-0.05, 0) is 37.0 Å². The van der Waals surface area contributed by atoms with Crippen molar-refractivity contribution in [3.05, 3.63) is 29.8 Å². The zero-order valence-electron chi connectivity index (χ0n) is 12.9. The molecular weight excluding hydrogens is 327 g/mol. The van der Waals surface area contributed by atoms with E-state index in [2.05, 4.69) is 4.74 Å². The van der Waals surface area contributed by atoms with Gasteiger partial charge in [0.1, 0.15) is 5.75 Å². The number of aryl methyl sites for hydroxylation is 1. The second-order valence-electron chi connectivity index (χ2n) is 5.71. The maximum Gasteiger partial charge on any atom is 0.573 e. The number of piperidine rings is 1. The van der Waals surface area contributed by atoms with Crippen molar-refractivity contribution in [3.8, 4) is 5.75 Å². The third kappa shape index (κ3) is 5.43. The second kappa shape index (κ2) is 7.55. The number of alkyl halides is 3. The molecule has 1 saturated heterocycles. The Morgan fingerprint density at radius 3 is 2.50 bits per heavy atom. The molecule has 0 saturated carbocycles. The number of hydrogen-bond acceptors (Lipinski definition) is 3. The van der Waals surface area contributed by atoms with Crippen LogP contribution in [0, 0.1) is 5.92 Å². The first-order chi connectivity index (χ1) is 11.2. The lowest BCUT2D eigenvalue weighted by Crippen LogP contribution is -2.42. The van der Waals surface area contributed by atoms with E-state index < -0.39 is 18.2 Å². The van der Waals surface area contributed by atoms with E-state index in [4.69, 9.17) is 5.11 Å². The Morgan fingerprint density at radius 2 is 1.92 bits per heavy atom. The fraction of sp³-hybridized carbons (Fsp3) is 0.500. The number of carbonyl (C=O) groups is 2. The Morgan fingerprint density at radius 1 is 1.25 bits per heavy atom. The average molecular weight is 345 g/mol. The van der Waals surface area contributed by atoms with Crippen molar-refractivity contribution in [1.82, 2.24) is 4.90 Å². The molecule has 1 aromatic rings. The van der Waals surface area contributed by atoms with Gasteiger partial charge in [-0.15, -0.1) is 13.2 Å². The van der Waals surface area contributed by atoms with Crippen molar-refractivity contribution < 1.29 is 32.6 Å². The number of benzene rings is 1. The van der Waals surface area contributed by atoms with E-state index >= 15 is 0 Å². The Labute approximate surface area is 137 Å². The van der Waals surface area contributed by atoms with Crippen molar-refractivity contribution in [3.63, 3.8) is 0 Å². The van der Waals surface area contributed by atoms with Gasteiger partial charge < -0.3 is 14.7 Å². The fourth-order valence-electron chi connectivity index (χ4n) is 2.67. The Balaban J connectivity index is 1.84. The fourth-order valence-corrected chi connectivity index (χ4v) is 2.67. The molecule has 1 aliphatic rings. The van der Waals surface area contributed by atoms with E-state index in [0.29, 0.717) is 31.4 Å². The van der Waals surface area contributed by atoms with Crippen LogP contribution in [-0.4, -0.2) is 41.3 Å². The summed E-state index contributed by atoms with van der Waals surface area (Å²) in [6.07, 6.45) is -2.94. The molecule has 0 radical (unpaired) electrons. The summed E-state index contributed by atoms with van der Waals surface area (Å²) in [7, 11) is 0. The summed E-state index contributed by atoms with van der Waals surface area (Å²) in [4.78, 5) is 24.7. The zero-order chi connectivity index (χ0) is 17.7. The van der Waals surface area contributed by atoms with Gasteiger partial charge in [0.15, 0.2) is 0 Å². The minimum atomic E-state index is -4.73. The van der Waals surface area contributed by atoms with Crippen LogP contribution in [0.15, 0.2) is 24.3 Å². The summed E-state index contributed by atoms with van der Waals surface area (Å²) in [5.41, 5.74) is 0.713. The van der Waals surface area contributed by atoms with E-state index in [0.717, 1.165) is 0 Å². The largest absolute Gasteiger partial charge is 0.573 e. The second-order valence-corrected chi connectivity index (χ2v) is 5.71. The maximum absolute atomic E-state index is 12.2. The van der Waals surface area contributed by atoms with E-state index in [1.54, 1.807) is 4.90 Å². The van der Waals surface area contributed by atoms with E-state index in [1.807, 2.05) is 0 Å². The molecule has 0 spiro atoms. The topological polar surface area (TPSA) is 66.8 Å². The third-order valence-electron chi connectivity index (χ3n) is 3.91. The van der Waals surface area contributed by atoms with Crippen LogP contribution in [0.25, 0.3) is 0 Å². The van der Waals surface area contributed by atoms with Crippen LogP contribution >= 0.6 is 0 Å². The van der Waals surface area contributed by atoms with Gasteiger partial charge in [0.25, 0.3) is 0 Å². The van der Waals surface area contributed by atoms with Crippen LogP contribution in [0.5, 0.6) is 5.75 Å². The number of ether oxygens (including phenoxy) is 1. The van der Waals surface area contributed by atoms with Gasteiger partial charge in [0.2, 0.25) is 5.91 Å². The van der Waals surface area contributed by atoms with Gasteiger partial charge in [0, 0.05) is 19.5 Å². The molecule has 1 amide bonds. The number of carboxylic acid groups (broad SMARTS) is 1. The summed E-state index contributed by atoms with van der Waals surface area (Å²) < 4.78 is 40.0. The summed E-state index contributed by atoms with van der Waals surface area (Å²) in [5, 5.41) is 9.02. The smallest absolute Gasteiger partial charge is 0.481 e. The van der Waals surface area contributed by atoms with E-state index in [9.17, 15) is 22.8 Å². The number of nitrogens with zero attached hydrogens (tertiary/aromatic N) is 1. The highest BCUT2D eigenvalue weighted by Gasteiger charge is 2.31. The predicted octanol–water partition coefficient (Wildman–Crippen LogP) is 2.84. The number of amides is 1. The molecule has 24 heavy (non-hydrogen) atoms. The molecule has 1 fully saturated rings. The summed E-state index contributed by atoms with van der Waals surface area (Å²) in [6, 6.07) is 5.36. The number of rotatable bonds is 5. The highest BCUT2D eigenvalue weighted by molar-refractivity contribution is 5.78. The molecule has 1 aliphatic heterocycles. The normalized spacial score (nSPS) is 18.3. The molecule has 0 aromatic heterocycles. The van der Waals surface area contributed by atoms with Gasteiger partial charge >= 0.3 is 12.3 Å². The number of likely N-dealkylation sites (tertiary alicyclic amines) is 1. The summed E-state index contributed by atoms with van der Waals surface area (Å²) in [6.45, 7) is 0.757. The van der Waals surface area contributed by atoms with E-state index in [1.165, 1.54) is 24.3 Å². The number of hydrogen-bond donors (Lipinski definition) is 1. The quantitative estimate of drug-likeness (QED) is 0.891. The van der Waals surface area contributed by atoms with Gasteiger partial charge in [0.05, 0.1) is 5.92 Å². The molecule has 0 unspecified atom stereocenters. The molecule has 1 heterocycles. The number of halogens is 3. The lowest BCUT2D eigenvalue weighted by Gasteiger charge is -2.30. The lowest BCUT2D eigenvalue weighted by atomic mass is 9.97. The van der Waals surface area contributed by atoms with E-state index in [-0.39, 0.29) is 24.6 Å². The molecule has 1 N–H and O–H groups in total. The molecule has 5 nitrogen and oxygen atoms in total. The van der Waals surface area contributed by atoms with Crippen molar-refractivity contribution in [2.75, 3.05) is 13.1 Å². The SMILES string of the molecule is O=C(O)[C@H]1CCCN(C(=O)CCc2ccc(OC(F)(F)F)cc2)C1.